The summed E-state index contributed by atoms with van der Waals surface area (Å²) in [5.41, 5.74) is 5.44. The zero-order valence-corrected chi connectivity index (χ0v) is 20.8. The van der Waals surface area contributed by atoms with Gasteiger partial charge in [0.25, 0.3) is 0 Å². The summed E-state index contributed by atoms with van der Waals surface area (Å²) in [5, 5.41) is 0.256. The van der Waals surface area contributed by atoms with Crippen LogP contribution in [-0.2, 0) is 6.42 Å². The summed E-state index contributed by atoms with van der Waals surface area (Å²) in [7, 11) is 3.02. The Kier molecular flexibility index (Phi) is 9.36. The van der Waals surface area contributed by atoms with E-state index in [4.69, 9.17) is 11.6 Å². The largest absolute Gasteiger partial charge is 0.205 e. The Hall–Kier alpha value is -1.43. The minimum absolute atomic E-state index is 0.256. The lowest BCUT2D eigenvalue weighted by molar-refractivity contribution is 0.446. The molecule has 2 aromatic rings. The lowest BCUT2D eigenvalue weighted by Crippen LogP contribution is -2.16. The van der Waals surface area contributed by atoms with Crippen LogP contribution in [0.1, 0.15) is 69.9 Å². The molecule has 3 rings (SSSR count). The van der Waals surface area contributed by atoms with Crippen molar-refractivity contribution in [3.8, 4) is 11.1 Å². The van der Waals surface area contributed by atoms with Gasteiger partial charge in [-0.05, 0) is 78.8 Å². The van der Waals surface area contributed by atoms with E-state index < -0.39 is 0 Å². The van der Waals surface area contributed by atoms with Crippen molar-refractivity contribution in [1.82, 2.24) is 0 Å². The molecule has 0 bridgehead atoms. The molecule has 0 radical (unpaired) electrons. The maximum atomic E-state index is 15.2. The van der Waals surface area contributed by atoms with E-state index in [-0.39, 0.29) is 10.8 Å². The van der Waals surface area contributed by atoms with Gasteiger partial charge in [0.05, 0.1) is 5.02 Å². The fraction of sp³-hybridized carbons (Fsp3) is 0.429. The zero-order valence-electron chi connectivity index (χ0n) is 18.8. The molecule has 0 fully saturated rings. The van der Waals surface area contributed by atoms with E-state index in [1.54, 1.807) is 0 Å². The van der Waals surface area contributed by atoms with Crippen LogP contribution in [0.5, 0.6) is 0 Å². The Bertz CT molecular complexity index is 913. The van der Waals surface area contributed by atoms with Crippen LogP contribution in [0, 0.1) is 11.7 Å². The highest BCUT2D eigenvalue weighted by Gasteiger charge is 2.23. The molecule has 166 valence electrons. The van der Waals surface area contributed by atoms with E-state index in [1.807, 2.05) is 24.3 Å². The highest BCUT2D eigenvalue weighted by atomic mass is 35.5. The molecule has 31 heavy (non-hydrogen) atoms. The number of aryl methyl sites for hydroxylation is 1. The molecule has 0 amide bonds. The van der Waals surface area contributed by atoms with Crippen LogP contribution < -0.4 is 0 Å². The Morgan fingerprint density at radius 1 is 1.10 bits per heavy atom. The van der Waals surface area contributed by atoms with Crippen molar-refractivity contribution >= 4 is 26.4 Å². The molecular formula is C28H35ClFP. The number of hydrogen-bond acceptors (Lipinski definition) is 0. The predicted molar refractivity (Wildman–Crippen MR) is 138 cm³/mol. The molecule has 0 spiro atoms. The second kappa shape index (κ2) is 12.0. The van der Waals surface area contributed by atoms with Gasteiger partial charge in [-0.3, -0.25) is 0 Å². The van der Waals surface area contributed by atoms with Crippen molar-refractivity contribution in [1.29, 1.82) is 0 Å². The van der Waals surface area contributed by atoms with Crippen LogP contribution in [0.25, 0.3) is 16.7 Å². The van der Waals surface area contributed by atoms with Crippen molar-refractivity contribution in [2.45, 2.75) is 70.9 Å². The smallest absolute Gasteiger partial charge is 0.150 e. The minimum Gasteiger partial charge on any atom is -0.205 e. The highest BCUT2D eigenvalue weighted by Crippen LogP contribution is 2.40. The summed E-state index contributed by atoms with van der Waals surface area (Å²) in [6.07, 6.45) is 15.4. The molecular weight excluding hydrogens is 422 g/mol. The molecule has 1 aliphatic carbocycles. The van der Waals surface area contributed by atoms with E-state index in [2.05, 4.69) is 53.4 Å². The summed E-state index contributed by atoms with van der Waals surface area (Å²) < 4.78 is 15.2. The Labute approximate surface area is 195 Å². The summed E-state index contributed by atoms with van der Waals surface area (Å²) in [6, 6.07) is 12.1. The highest BCUT2D eigenvalue weighted by molar-refractivity contribution is 7.17. The molecule has 0 N–H and O–H groups in total. The van der Waals surface area contributed by atoms with E-state index >= 15 is 4.39 Å². The Morgan fingerprint density at radius 3 is 2.48 bits per heavy atom. The van der Waals surface area contributed by atoms with Crippen molar-refractivity contribution in [2.75, 3.05) is 0 Å². The molecule has 0 saturated carbocycles. The molecule has 3 atom stereocenters. The molecule has 0 heterocycles. The zero-order chi connectivity index (χ0) is 22.2. The van der Waals surface area contributed by atoms with Crippen molar-refractivity contribution < 1.29 is 4.39 Å². The SMILES string of the molecule is CC/C=C/CCc1ccc(-c2ccc(C3=CCC(C(P)CCC)CC3)c(Cl)c2F)cc1. The number of benzene rings is 2. The molecule has 0 aliphatic heterocycles. The van der Waals surface area contributed by atoms with E-state index in [0.29, 0.717) is 17.1 Å². The first kappa shape index (κ1) is 24.2. The van der Waals surface area contributed by atoms with Gasteiger partial charge < -0.3 is 0 Å². The summed E-state index contributed by atoms with van der Waals surface area (Å²) in [5.74, 6) is 0.392. The molecule has 0 nitrogen and oxygen atoms in total. The van der Waals surface area contributed by atoms with Crippen LogP contribution in [-0.4, -0.2) is 5.66 Å². The third kappa shape index (κ3) is 6.30. The average Bonchev–Trinajstić information content (AvgIpc) is 2.79. The molecule has 2 aromatic carbocycles. The van der Waals surface area contributed by atoms with E-state index in [9.17, 15) is 0 Å². The molecule has 1 aliphatic rings. The van der Waals surface area contributed by atoms with Gasteiger partial charge in [0.1, 0.15) is 5.82 Å². The number of allylic oxidation sites excluding steroid dienone is 4. The van der Waals surface area contributed by atoms with Crippen LogP contribution >= 0.6 is 20.8 Å². The predicted octanol–water partition coefficient (Wildman–Crippen LogP) is 9.27. The van der Waals surface area contributed by atoms with Crippen LogP contribution in [0.15, 0.2) is 54.6 Å². The summed E-state index contributed by atoms with van der Waals surface area (Å²) >= 11 is 6.53. The van der Waals surface area contributed by atoms with Gasteiger partial charge >= 0.3 is 0 Å². The maximum absolute atomic E-state index is 15.2. The Morgan fingerprint density at radius 2 is 1.84 bits per heavy atom. The number of rotatable bonds is 9. The second-order valence-corrected chi connectivity index (χ2v) is 9.85. The van der Waals surface area contributed by atoms with Crippen molar-refractivity contribution in [2.24, 2.45) is 5.92 Å². The molecule has 0 saturated heterocycles. The first-order valence-corrected chi connectivity index (χ1v) is 12.8. The fourth-order valence-corrected chi connectivity index (χ4v) is 5.43. The first-order chi connectivity index (χ1) is 15.0. The minimum atomic E-state index is -0.310. The second-order valence-electron chi connectivity index (χ2n) is 8.62. The normalized spacial score (nSPS) is 17.7. The van der Waals surface area contributed by atoms with Gasteiger partial charge in [-0.25, -0.2) is 4.39 Å². The van der Waals surface area contributed by atoms with Gasteiger partial charge in [0.15, 0.2) is 0 Å². The fourth-order valence-electron chi connectivity index (χ4n) is 4.46. The third-order valence-electron chi connectivity index (χ3n) is 6.37. The lowest BCUT2D eigenvalue weighted by atomic mass is 9.83. The van der Waals surface area contributed by atoms with Crippen LogP contribution in [0.4, 0.5) is 4.39 Å². The Balaban J connectivity index is 1.73. The van der Waals surface area contributed by atoms with Crippen LogP contribution in [0.2, 0.25) is 5.02 Å². The summed E-state index contributed by atoms with van der Waals surface area (Å²) in [4.78, 5) is 0. The molecule has 3 heteroatoms. The maximum Gasteiger partial charge on any atom is 0.150 e. The molecule has 0 aromatic heterocycles. The van der Waals surface area contributed by atoms with Crippen molar-refractivity contribution in [3.05, 3.63) is 76.6 Å². The standard InChI is InChI=1S/C28H35ClFP/c1-3-5-6-7-9-20-10-12-22(13-11-20)25-19-18-24(27(29)28(25)30)21-14-16-23(17-15-21)26(31)8-4-2/h5-6,10-14,18-19,23,26H,3-4,7-9,15-17,31H2,1-2H3/b6-5+. The van der Waals surface area contributed by atoms with Crippen molar-refractivity contribution in [3.63, 3.8) is 0 Å². The van der Waals surface area contributed by atoms with E-state index in [0.717, 1.165) is 49.7 Å². The summed E-state index contributed by atoms with van der Waals surface area (Å²) in [6.45, 7) is 4.38. The topological polar surface area (TPSA) is 0 Å². The number of hydrogen-bond donors (Lipinski definition) is 0. The average molecular weight is 457 g/mol. The molecule has 3 unspecified atom stereocenters. The number of halogens is 2. The van der Waals surface area contributed by atoms with Gasteiger partial charge in [-0.1, -0.05) is 86.5 Å². The van der Waals surface area contributed by atoms with Crippen LogP contribution in [0.3, 0.4) is 0 Å². The third-order valence-corrected chi connectivity index (χ3v) is 7.62. The van der Waals surface area contributed by atoms with Gasteiger partial charge in [0, 0.05) is 5.56 Å². The first-order valence-electron chi connectivity index (χ1n) is 11.7. The lowest BCUT2D eigenvalue weighted by Gasteiger charge is -2.27. The monoisotopic (exact) mass is 456 g/mol. The van der Waals surface area contributed by atoms with Gasteiger partial charge in [-0.15, -0.1) is 9.24 Å². The van der Waals surface area contributed by atoms with Gasteiger partial charge in [0.2, 0.25) is 0 Å². The van der Waals surface area contributed by atoms with Gasteiger partial charge in [-0.2, -0.15) is 0 Å². The van der Waals surface area contributed by atoms with E-state index in [1.165, 1.54) is 24.0 Å². The quantitative estimate of drug-likeness (QED) is 0.260.